The lowest BCUT2D eigenvalue weighted by atomic mass is 10.2. The third kappa shape index (κ3) is 4.49. The van der Waals surface area contributed by atoms with Crippen LogP contribution in [0.1, 0.15) is 30.0 Å². The Balaban J connectivity index is 1.86. The number of benzene rings is 1. The van der Waals surface area contributed by atoms with Crippen molar-refractivity contribution < 1.29 is 14.0 Å². The van der Waals surface area contributed by atoms with Crippen LogP contribution in [0.2, 0.25) is 0 Å². The van der Waals surface area contributed by atoms with E-state index >= 15 is 0 Å². The average molecular weight is 303 g/mol. The molecule has 21 heavy (non-hydrogen) atoms. The molecule has 1 amide bonds. The standard InChI is InChI=1S/C16H17NO3S/c1-11(18)13-5-7-15(8-6-13)21-12(2)16(19)17-10-14-4-3-9-20-14/h3-9,12H,10H2,1-2H3,(H,17,19). The van der Waals surface area contributed by atoms with Crippen LogP contribution in [-0.4, -0.2) is 16.9 Å². The summed E-state index contributed by atoms with van der Waals surface area (Å²) in [5.74, 6) is 0.717. The molecule has 1 aromatic heterocycles. The van der Waals surface area contributed by atoms with Crippen molar-refractivity contribution in [3.63, 3.8) is 0 Å². The van der Waals surface area contributed by atoms with Crippen molar-refractivity contribution in [3.05, 3.63) is 54.0 Å². The van der Waals surface area contributed by atoms with E-state index in [0.29, 0.717) is 12.1 Å². The van der Waals surface area contributed by atoms with Crippen molar-refractivity contribution in [2.45, 2.75) is 30.5 Å². The van der Waals surface area contributed by atoms with Gasteiger partial charge in [-0.1, -0.05) is 12.1 Å². The highest BCUT2D eigenvalue weighted by Gasteiger charge is 2.14. The SMILES string of the molecule is CC(=O)c1ccc(SC(C)C(=O)NCc2ccco2)cc1. The molecule has 1 heterocycles. The van der Waals surface area contributed by atoms with Gasteiger partial charge in [0, 0.05) is 10.5 Å². The lowest BCUT2D eigenvalue weighted by molar-refractivity contribution is -0.120. The largest absolute Gasteiger partial charge is 0.467 e. The van der Waals surface area contributed by atoms with Crippen LogP contribution >= 0.6 is 11.8 Å². The molecule has 0 aliphatic rings. The molecule has 0 spiro atoms. The molecule has 4 nitrogen and oxygen atoms in total. The van der Waals surface area contributed by atoms with Crippen molar-refractivity contribution in [1.82, 2.24) is 5.32 Å². The van der Waals surface area contributed by atoms with E-state index < -0.39 is 0 Å². The molecule has 0 bridgehead atoms. The van der Waals surface area contributed by atoms with Crippen LogP contribution in [0.25, 0.3) is 0 Å². The fraction of sp³-hybridized carbons (Fsp3) is 0.250. The molecule has 1 unspecified atom stereocenters. The Labute approximate surface area is 127 Å². The lowest BCUT2D eigenvalue weighted by Gasteiger charge is -2.11. The number of thioether (sulfide) groups is 1. The summed E-state index contributed by atoms with van der Waals surface area (Å²) in [6.07, 6.45) is 1.58. The number of nitrogens with one attached hydrogen (secondary N) is 1. The van der Waals surface area contributed by atoms with Crippen molar-refractivity contribution >= 4 is 23.5 Å². The van der Waals surface area contributed by atoms with Gasteiger partial charge in [-0.05, 0) is 38.1 Å². The number of furan rings is 1. The topological polar surface area (TPSA) is 59.3 Å². The van der Waals surface area contributed by atoms with Gasteiger partial charge in [0.15, 0.2) is 5.78 Å². The van der Waals surface area contributed by atoms with Crippen LogP contribution in [0.15, 0.2) is 52.0 Å². The molecule has 0 radical (unpaired) electrons. The predicted molar refractivity (Wildman–Crippen MR) is 82.3 cm³/mol. The van der Waals surface area contributed by atoms with Gasteiger partial charge < -0.3 is 9.73 Å². The second kappa shape index (κ2) is 7.13. The molecule has 0 saturated heterocycles. The Morgan fingerprint density at radius 2 is 1.95 bits per heavy atom. The number of rotatable bonds is 6. The van der Waals surface area contributed by atoms with Gasteiger partial charge in [0.1, 0.15) is 5.76 Å². The zero-order valence-corrected chi connectivity index (χ0v) is 12.8. The Morgan fingerprint density at radius 3 is 2.52 bits per heavy atom. The molecule has 0 saturated carbocycles. The van der Waals surface area contributed by atoms with Gasteiger partial charge in [-0.3, -0.25) is 9.59 Å². The quantitative estimate of drug-likeness (QED) is 0.657. The minimum absolute atomic E-state index is 0.0378. The van der Waals surface area contributed by atoms with Gasteiger partial charge in [-0.25, -0.2) is 0 Å². The smallest absolute Gasteiger partial charge is 0.233 e. The summed E-state index contributed by atoms with van der Waals surface area (Å²) >= 11 is 1.46. The van der Waals surface area contributed by atoms with E-state index in [1.54, 1.807) is 24.5 Å². The van der Waals surface area contributed by atoms with Gasteiger partial charge in [-0.15, -0.1) is 11.8 Å². The van der Waals surface area contributed by atoms with Crippen LogP contribution in [0.5, 0.6) is 0 Å². The molecule has 2 rings (SSSR count). The summed E-state index contributed by atoms with van der Waals surface area (Å²) in [5.41, 5.74) is 0.675. The zero-order valence-electron chi connectivity index (χ0n) is 12.0. The molecule has 0 aliphatic carbocycles. The molecule has 5 heteroatoms. The monoisotopic (exact) mass is 303 g/mol. The second-order valence-corrected chi connectivity index (χ2v) is 6.05. The fourth-order valence-corrected chi connectivity index (χ4v) is 2.65. The summed E-state index contributed by atoms with van der Waals surface area (Å²) < 4.78 is 5.16. The first-order chi connectivity index (χ1) is 10.1. The first kappa shape index (κ1) is 15.4. The van der Waals surface area contributed by atoms with Gasteiger partial charge in [0.2, 0.25) is 5.91 Å². The summed E-state index contributed by atoms with van der Waals surface area (Å²) in [4.78, 5) is 24.2. The summed E-state index contributed by atoms with van der Waals surface area (Å²) in [5, 5.41) is 2.61. The minimum atomic E-state index is -0.219. The summed E-state index contributed by atoms with van der Waals surface area (Å²) in [6, 6.07) is 10.9. The van der Waals surface area contributed by atoms with Gasteiger partial charge in [0.25, 0.3) is 0 Å². The second-order valence-electron chi connectivity index (χ2n) is 4.64. The number of ketones is 1. The normalized spacial score (nSPS) is 11.9. The highest BCUT2D eigenvalue weighted by atomic mass is 32.2. The van der Waals surface area contributed by atoms with E-state index in [9.17, 15) is 9.59 Å². The number of hydrogen-bond donors (Lipinski definition) is 1. The molecule has 110 valence electrons. The van der Waals surface area contributed by atoms with Crippen molar-refractivity contribution in [3.8, 4) is 0 Å². The molecule has 1 N–H and O–H groups in total. The Hall–Kier alpha value is -2.01. The van der Waals surface area contributed by atoms with Gasteiger partial charge >= 0.3 is 0 Å². The first-order valence-electron chi connectivity index (χ1n) is 6.64. The Bertz CT molecular complexity index is 605. The van der Waals surface area contributed by atoms with Crippen LogP contribution < -0.4 is 5.32 Å². The van der Waals surface area contributed by atoms with E-state index in [4.69, 9.17) is 4.42 Å². The maximum Gasteiger partial charge on any atom is 0.233 e. The minimum Gasteiger partial charge on any atom is -0.467 e. The summed E-state index contributed by atoms with van der Waals surface area (Å²) in [6.45, 7) is 3.77. The molecule has 1 aromatic carbocycles. The number of hydrogen-bond acceptors (Lipinski definition) is 4. The predicted octanol–water partition coefficient (Wildman–Crippen LogP) is 3.28. The van der Waals surface area contributed by atoms with Crippen LogP contribution in [0.3, 0.4) is 0 Å². The van der Waals surface area contributed by atoms with Gasteiger partial charge in [0.05, 0.1) is 18.1 Å². The van der Waals surface area contributed by atoms with E-state index in [1.807, 2.05) is 25.1 Å². The van der Waals surface area contributed by atoms with Gasteiger partial charge in [-0.2, -0.15) is 0 Å². The van der Waals surface area contributed by atoms with E-state index in [2.05, 4.69) is 5.32 Å². The zero-order chi connectivity index (χ0) is 15.2. The van der Waals surface area contributed by atoms with Crippen LogP contribution in [-0.2, 0) is 11.3 Å². The lowest BCUT2D eigenvalue weighted by Crippen LogP contribution is -2.30. The molecule has 1 atom stereocenters. The number of amides is 1. The third-order valence-electron chi connectivity index (χ3n) is 2.96. The van der Waals surface area contributed by atoms with E-state index in [0.717, 1.165) is 10.7 Å². The van der Waals surface area contributed by atoms with Crippen LogP contribution in [0, 0.1) is 0 Å². The van der Waals surface area contributed by atoms with Crippen molar-refractivity contribution in [2.75, 3.05) is 0 Å². The molecular weight excluding hydrogens is 286 g/mol. The van der Waals surface area contributed by atoms with Crippen molar-refractivity contribution in [2.24, 2.45) is 0 Å². The number of Topliss-reactive ketones (excluding diaryl/α,β-unsaturated/α-hetero) is 1. The highest BCUT2D eigenvalue weighted by Crippen LogP contribution is 2.23. The molecule has 0 fully saturated rings. The Kier molecular flexibility index (Phi) is 5.22. The highest BCUT2D eigenvalue weighted by molar-refractivity contribution is 8.00. The van der Waals surface area contributed by atoms with E-state index in [-0.39, 0.29) is 16.9 Å². The first-order valence-corrected chi connectivity index (χ1v) is 7.52. The van der Waals surface area contributed by atoms with Crippen LogP contribution in [0.4, 0.5) is 0 Å². The number of carbonyl (C=O) groups is 2. The third-order valence-corrected chi connectivity index (χ3v) is 4.07. The molecule has 2 aromatic rings. The average Bonchev–Trinajstić information content (AvgIpc) is 2.98. The summed E-state index contributed by atoms with van der Waals surface area (Å²) in [7, 11) is 0. The van der Waals surface area contributed by atoms with E-state index in [1.165, 1.54) is 18.7 Å². The maximum absolute atomic E-state index is 12.0. The fourth-order valence-electron chi connectivity index (χ4n) is 1.76. The molecular formula is C16H17NO3S. The molecule has 0 aliphatic heterocycles. The van der Waals surface area contributed by atoms with Crippen molar-refractivity contribution in [1.29, 1.82) is 0 Å². The number of carbonyl (C=O) groups excluding carboxylic acids is 2. The maximum atomic E-state index is 12.0. The Morgan fingerprint density at radius 1 is 1.24 bits per heavy atom.